The van der Waals surface area contributed by atoms with Gasteiger partial charge in [0.2, 0.25) is 0 Å². The van der Waals surface area contributed by atoms with Crippen molar-refractivity contribution in [3.8, 4) is 0 Å². The highest BCUT2D eigenvalue weighted by molar-refractivity contribution is 9.10. The number of rotatable bonds is 3. The number of hydrogen-bond donors (Lipinski definition) is 2. The van der Waals surface area contributed by atoms with E-state index in [0.29, 0.717) is 5.56 Å². The zero-order valence-electron chi connectivity index (χ0n) is 10.8. The molecule has 0 radical (unpaired) electrons. The van der Waals surface area contributed by atoms with Gasteiger partial charge in [0.1, 0.15) is 0 Å². The smallest absolute Gasteiger partial charge is 0.255 e. The Morgan fingerprint density at radius 2 is 1.95 bits per heavy atom. The number of anilines is 2. The predicted molar refractivity (Wildman–Crippen MR) is 82.8 cm³/mol. The van der Waals surface area contributed by atoms with Gasteiger partial charge < -0.3 is 10.6 Å². The van der Waals surface area contributed by atoms with Gasteiger partial charge in [0.05, 0.1) is 0 Å². The van der Waals surface area contributed by atoms with E-state index >= 15 is 0 Å². The van der Waals surface area contributed by atoms with E-state index in [0.717, 1.165) is 21.4 Å². The third kappa shape index (κ3) is 3.35. The zero-order valence-corrected chi connectivity index (χ0v) is 12.4. The lowest BCUT2D eigenvalue weighted by Gasteiger charge is -2.09. The first-order valence-electron chi connectivity index (χ1n) is 5.95. The molecule has 2 aromatic carbocycles. The summed E-state index contributed by atoms with van der Waals surface area (Å²) in [6.45, 7) is 1.97. The second kappa shape index (κ2) is 5.89. The monoisotopic (exact) mass is 318 g/mol. The average molecular weight is 319 g/mol. The van der Waals surface area contributed by atoms with Crippen LogP contribution in [0, 0.1) is 6.92 Å². The Kier molecular flexibility index (Phi) is 4.22. The van der Waals surface area contributed by atoms with Crippen LogP contribution in [0.3, 0.4) is 0 Å². The standard InChI is InChI=1S/C15H15BrN2O/c1-10-8-11(6-7-14(10)17-2)15(19)18-13-5-3-4-12(16)9-13/h3-9,17H,1-2H3,(H,18,19). The summed E-state index contributed by atoms with van der Waals surface area (Å²) in [6, 6.07) is 13.1. The van der Waals surface area contributed by atoms with Crippen LogP contribution in [0.15, 0.2) is 46.9 Å². The molecule has 0 spiro atoms. The molecule has 0 aromatic heterocycles. The molecule has 0 saturated heterocycles. The molecule has 0 heterocycles. The fraction of sp³-hybridized carbons (Fsp3) is 0.133. The Morgan fingerprint density at radius 1 is 1.16 bits per heavy atom. The second-order valence-corrected chi connectivity index (χ2v) is 5.16. The first-order valence-corrected chi connectivity index (χ1v) is 6.75. The molecule has 3 nitrogen and oxygen atoms in total. The van der Waals surface area contributed by atoms with Crippen LogP contribution in [-0.4, -0.2) is 13.0 Å². The molecule has 0 aliphatic carbocycles. The van der Waals surface area contributed by atoms with Crippen molar-refractivity contribution in [2.24, 2.45) is 0 Å². The van der Waals surface area contributed by atoms with Crippen molar-refractivity contribution in [2.45, 2.75) is 6.92 Å². The largest absolute Gasteiger partial charge is 0.388 e. The highest BCUT2D eigenvalue weighted by Crippen LogP contribution is 2.19. The number of carbonyl (C=O) groups excluding carboxylic acids is 1. The van der Waals surface area contributed by atoms with Crippen LogP contribution in [-0.2, 0) is 0 Å². The van der Waals surface area contributed by atoms with Gasteiger partial charge in [-0.15, -0.1) is 0 Å². The van der Waals surface area contributed by atoms with E-state index in [9.17, 15) is 4.79 Å². The van der Waals surface area contributed by atoms with Crippen LogP contribution in [0.4, 0.5) is 11.4 Å². The fourth-order valence-corrected chi connectivity index (χ4v) is 2.25. The minimum Gasteiger partial charge on any atom is -0.388 e. The summed E-state index contributed by atoms with van der Waals surface area (Å²) in [4.78, 5) is 12.1. The quantitative estimate of drug-likeness (QED) is 0.896. The van der Waals surface area contributed by atoms with E-state index in [1.807, 2.05) is 56.4 Å². The molecule has 4 heteroatoms. The minimum atomic E-state index is -0.108. The van der Waals surface area contributed by atoms with Crippen molar-refractivity contribution in [1.82, 2.24) is 0 Å². The lowest BCUT2D eigenvalue weighted by Crippen LogP contribution is -2.12. The molecular weight excluding hydrogens is 304 g/mol. The van der Waals surface area contributed by atoms with E-state index in [-0.39, 0.29) is 5.91 Å². The summed E-state index contributed by atoms with van der Waals surface area (Å²) in [5, 5.41) is 5.96. The molecule has 2 aromatic rings. The number of nitrogens with one attached hydrogen (secondary N) is 2. The van der Waals surface area contributed by atoms with Gasteiger partial charge in [-0.25, -0.2) is 0 Å². The molecule has 0 atom stereocenters. The fourth-order valence-electron chi connectivity index (χ4n) is 1.85. The predicted octanol–water partition coefficient (Wildman–Crippen LogP) is 4.05. The minimum absolute atomic E-state index is 0.108. The number of benzene rings is 2. The summed E-state index contributed by atoms with van der Waals surface area (Å²) >= 11 is 3.38. The van der Waals surface area contributed by atoms with Crippen molar-refractivity contribution < 1.29 is 4.79 Å². The molecule has 0 bridgehead atoms. The molecule has 0 unspecified atom stereocenters. The van der Waals surface area contributed by atoms with Crippen molar-refractivity contribution in [1.29, 1.82) is 0 Å². The summed E-state index contributed by atoms with van der Waals surface area (Å²) in [5.74, 6) is -0.108. The lowest BCUT2D eigenvalue weighted by atomic mass is 10.1. The van der Waals surface area contributed by atoms with Crippen LogP contribution < -0.4 is 10.6 Å². The molecule has 0 fully saturated rings. The topological polar surface area (TPSA) is 41.1 Å². The summed E-state index contributed by atoms with van der Waals surface area (Å²) in [7, 11) is 1.86. The van der Waals surface area contributed by atoms with Gasteiger partial charge in [-0.3, -0.25) is 4.79 Å². The molecule has 0 saturated carbocycles. The zero-order chi connectivity index (χ0) is 13.8. The van der Waals surface area contributed by atoms with Crippen molar-refractivity contribution in [3.05, 3.63) is 58.1 Å². The molecule has 0 aliphatic heterocycles. The van der Waals surface area contributed by atoms with Crippen molar-refractivity contribution >= 4 is 33.2 Å². The maximum Gasteiger partial charge on any atom is 0.255 e. The Labute approximate surface area is 121 Å². The van der Waals surface area contributed by atoms with Gasteiger partial charge in [-0.2, -0.15) is 0 Å². The molecule has 19 heavy (non-hydrogen) atoms. The van der Waals surface area contributed by atoms with Gasteiger partial charge in [0.25, 0.3) is 5.91 Å². The van der Waals surface area contributed by atoms with Crippen LogP contribution in [0.25, 0.3) is 0 Å². The first kappa shape index (κ1) is 13.6. The first-order chi connectivity index (χ1) is 9.10. The van der Waals surface area contributed by atoms with Gasteiger partial charge in [0, 0.05) is 28.5 Å². The summed E-state index contributed by atoms with van der Waals surface area (Å²) in [6.07, 6.45) is 0. The van der Waals surface area contributed by atoms with Crippen LogP contribution >= 0.6 is 15.9 Å². The Hall–Kier alpha value is -1.81. The Balaban J connectivity index is 2.18. The van der Waals surface area contributed by atoms with E-state index in [4.69, 9.17) is 0 Å². The van der Waals surface area contributed by atoms with E-state index in [2.05, 4.69) is 26.6 Å². The number of aryl methyl sites for hydroxylation is 1. The number of hydrogen-bond acceptors (Lipinski definition) is 2. The molecule has 0 aliphatic rings. The van der Waals surface area contributed by atoms with Gasteiger partial charge in [0.15, 0.2) is 0 Å². The van der Waals surface area contributed by atoms with E-state index < -0.39 is 0 Å². The summed E-state index contributed by atoms with van der Waals surface area (Å²) in [5.41, 5.74) is 3.49. The molecule has 2 N–H and O–H groups in total. The number of carbonyl (C=O) groups is 1. The van der Waals surface area contributed by atoms with Gasteiger partial charge in [-0.1, -0.05) is 22.0 Å². The third-order valence-corrected chi connectivity index (χ3v) is 3.33. The highest BCUT2D eigenvalue weighted by atomic mass is 79.9. The highest BCUT2D eigenvalue weighted by Gasteiger charge is 2.07. The van der Waals surface area contributed by atoms with Crippen LogP contribution in [0.2, 0.25) is 0 Å². The molecule has 1 amide bonds. The van der Waals surface area contributed by atoms with Gasteiger partial charge >= 0.3 is 0 Å². The van der Waals surface area contributed by atoms with Crippen LogP contribution in [0.5, 0.6) is 0 Å². The summed E-state index contributed by atoms with van der Waals surface area (Å²) < 4.78 is 0.937. The molecular formula is C15H15BrN2O. The van der Waals surface area contributed by atoms with Crippen LogP contribution in [0.1, 0.15) is 15.9 Å². The third-order valence-electron chi connectivity index (χ3n) is 2.84. The van der Waals surface area contributed by atoms with Crippen molar-refractivity contribution in [3.63, 3.8) is 0 Å². The van der Waals surface area contributed by atoms with E-state index in [1.54, 1.807) is 0 Å². The SMILES string of the molecule is CNc1ccc(C(=O)Nc2cccc(Br)c2)cc1C. The lowest BCUT2D eigenvalue weighted by molar-refractivity contribution is 0.102. The maximum absolute atomic E-state index is 12.1. The maximum atomic E-state index is 12.1. The molecule has 2 rings (SSSR count). The normalized spacial score (nSPS) is 10.1. The van der Waals surface area contributed by atoms with E-state index in [1.165, 1.54) is 0 Å². The van der Waals surface area contributed by atoms with Crippen molar-refractivity contribution in [2.75, 3.05) is 17.7 Å². The Bertz CT molecular complexity index is 611. The number of amides is 1. The Morgan fingerprint density at radius 3 is 2.58 bits per heavy atom. The molecule has 98 valence electrons. The second-order valence-electron chi connectivity index (χ2n) is 4.24. The van der Waals surface area contributed by atoms with Gasteiger partial charge in [-0.05, 0) is 48.9 Å². The average Bonchev–Trinajstić information content (AvgIpc) is 2.38. The number of halogens is 1.